The number of hydrogen-bond donors (Lipinski definition) is 2. The van der Waals surface area contributed by atoms with Crippen molar-refractivity contribution in [2.45, 2.75) is 84.5 Å². The van der Waals surface area contributed by atoms with E-state index in [1.807, 2.05) is 10.8 Å². The Balaban J connectivity index is 0. The number of hydrogen-bond acceptors (Lipinski definition) is 2. The summed E-state index contributed by atoms with van der Waals surface area (Å²) in [6, 6.07) is 0. The molecule has 0 aliphatic rings. The predicted molar refractivity (Wildman–Crippen MR) is 98.4 cm³/mol. The first-order valence-electron chi connectivity index (χ1n) is 7.91. The van der Waals surface area contributed by atoms with Gasteiger partial charge in [0.15, 0.2) is 0 Å². The minimum absolute atomic E-state index is 1.20. The zero-order valence-corrected chi connectivity index (χ0v) is 14.8. The SMILES string of the molecule is CCCCCCC=CS.CCCCCCCC=CS. The summed E-state index contributed by atoms with van der Waals surface area (Å²) < 4.78 is 0. The summed E-state index contributed by atoms with van der Waals surface area (Å²) in [7, 11) is 0. The quantitative estimate of drug-likeness (QED) is 0.293. The van der Waals surface area contributed by atoms with Crippen molar-refractivity contribution in [2.24, 2.45) is 0 Å². The van der Waals surface area contributed by atoms with E-state index in [0.717, 1.165) is 0 Å². The van der Waals surface area contributed by atoms with Crippen LogP contribution in [0, 0.1) is 0 Å². The Morgan fingerprint density at radius 2 is 0.947 bits per heavy atom. The van der Waals surface area contributed by atoms with Gasteiger partial charge < -0.3 is 0 Å². The van der Waals surface area contributed by atoms with Gasteiger partial charge in [-0.15, -0.1) is 0 Å². The fraction of sp³-hybridized carbons (Fsp3) is 0.765. The molecule has 0 aliphatic heterocycles. The number of thiol groups is 2. The molecule has 0 atom stereocenters. The molecule has 0 aliphatic carbocycles. The molecule has 0 aromatic carbocycles. The minimum Gasteiger partial charge on any atom is -0.152 e. The second-order valence-corrected chi connectivity index (χ2v) is 5.42. The van der Waals surface area contributed by atoms with E-state index in [0.29, 0.717) is 0 Å². The van der Waals surface area contributed by atoms with E-state index in [1.54, 1.807) is 0 Å². The van der Waals surface area contributed by atoms with Crippen molar-refractivity contribution in [2.75, 3.05) is 0 Å². The standard InChI is InChI=1S/C9H18S.C8H16S/c1-2-3-4-5-6-7-8-9-10;1-2-3-4-5-6-7-8-9/h8-10H,2-7H2,1H3;7-9H,2-6H2,1H3. The molecule has 0 nitrogen and oxygen atoms in total. The molecule has 0 aromatic heterocycles. The van der Waals surface area contributed by atoms with Crippen molar-refractivity contribution in [3.63, 3.8) is 0 Å². The van der Waals surface area contributed by atoms with Crippen molar-refractivity contribution in [3.8, 4) is 0 Å². The average Bonchev–Trinajstić information content (AvgIpc) is 2.43. The van der Waals surface area contributed by atoms with E-state index in [9.17, 15) is 0 Å². The molecule has 0 bridgehead atoms. The predicted octanol–water partition coefficient (Wildman–Crippen LogP) is 7.19. The number of unbranched alkanes of at least 4 members (excludes halogenated alkanes) is 9. The molecular formula is C17H34S2. The Hall–Kier alpha value is 0.180. The molecule has 114 valence electrons. The lowest BCUT2D eigenvalue weighted by Crippen LogP contribution is -1.75. The summed E-state index contributed by atoms with van der Waals surface area (Å²) >= 11 is 7.95. The lowest BCUT2D eigenvalue weighted by Gasteiger charge is -1.94. The van der Waals surface area contributed by atoms with E-state index < -0.39 is 0 Å². The molecule has 0 amide bonds. The highest BCUT2D eigenvalue weighted by atomic mass is 32.1. The normalized spacial score (nSPS) is 10.9. The summed E-state index contributed by atoms with van der Waals surface area (Å²) in [5.41, 5.74) is 0. The molecule has 0 N–H and O–H groups in total. The summed E-state index contributed by atoms with van der Waals surface area (Å²) in [4.78, 5) is 0. The number of allylic oxidation sites excluding steroid dienone is 2. The Morgan fingerprint density at radius 3 is 1.32 bits per heavy atom. The van der Waals surface area contributed by atoms with E-state index in [-0.39, 0.29) is 0 Å². The second kappa shape index (κ2) is 23.3. The largest absolute Gasteiger partial charge is 0.152 e. The lowest BCUT2D eigenvalue weighted by atomic mass is 10.1. The maximum atomic E-state index is 3.98. The van der Waals surface area contributed by atoms with Crippen LogP contribution in [0.3, 0.4) is 0 Å². The molecule has 0 unspecified atom stereocenters. The fourth-order valence-electron chi connectivity index (χ4n) is 1.70. The number of rotatable bonds is 11. The van der Waals surface area contributed by atoms with Crippen LogP contribution in [0.5, 0.6) is 0 Å². The summed E-state index contributed by atoms with van der Waals surface area (Å²) in [6.07, 6.45) is 18.9. The van der Waals surface area contributed by atoms with Crippen LogP contribution in [0.1, 0.15) is 84.5 Å². The van der Waals surface area contributed by atoms with Crippen molar-refractivity contribution in [1.29, 1.82) is 0 Å². The van der Waals surface area contributed by atoms with Gasteiger partial charge in [-0.25, -0.2) is 0 Å². The Morgan fingerprint density at radius 1 is 0.579 bits per heavy atom. The highest BCUT2D eigenvalue weighted by Crippen LogP contribution is 2.05. The van der Waals surface area contributed by atoms with Crippen molar-refractivity contribution in [3.05, 3.63) is 23.0 Å². The van der Waals surface area contributed by atoms with Gasteiger partial charge in [0, 0.05) is 0 Å². The first-order chi connectivity index (χ1) is 9.33. The molecule has 0 fully saturated rings. The van der Waals surface area contributed by atoms with E-state index in [1.165, 1.54) is 70.6 Å². The van der Waals surface area contributed by atoms with E-state index >= 15 is 0 Å². The molecule has 0 spiro atoms. The maximum Gasteiger partial charge on any atom is -0.0343 e. The van der Waals surface area contributed by atoms with Crippen LogP contribution in [0.2, 0.25) is 0 Å². The van der Waals surface area contributed by atoms with Crippen molar-refractivity contribution in [1.82, 2.24) is 0 Å². The van der Waals surface area contributed by atoms with Gasteiger partial charge in [-0.1, -0.05) is 70.9 Å². The smallest absolute Gasteiger partial charge is 0.0343 e. The Kier molecular flexibility index (Phi) is 26.3. The Labute approximate surface area is 133 Å². The minimum atomic E-state index is 1.20. The third-order valence-electron chi connectivity index (χ3n) is 2.91. The van der Waals surface area contributed by atoms with Crippen molar-refractivity contribution >= 4 is 25.3 Å². The van der Waals surface area contributed by atoms with Gasteiger partial charge in [0.2, 0.25) is 0 Å². The van der Waals surface area contributed by atoms with Gasteiger partial charge in [0.25, 0.3) is 0 Å². The van der Waals surface area contributed by atoms with Gasteiger partial charge in [-0.3, -0.25) is 0 Å². The highest BCUT2D eigenvalue weighted by Gasteiger charge is 1.85. The molecular weight excluding hydrogens is 268 g/mol. The average molecular weight is 303 g/mol. The summed E-state index contributed by atoms with van der Waals surface area (Å²) in [5, 5.41) is 3.66. The molecule has 0 heterocycles. The van der Waals surface area contributed by atoms with Crippen LogP contribution in [-0.4, -0.2) is 0 Å². The van der Waals surface area contributed by atoms with Gasteiger partial charge >= 0.3 is 0 Å². The van der Waals surface area contributed by atoms with Crippen LogP contribution in [0.25, 0.3) is 0 Å². The maximum absolute atomic E-state index is 3.98. The third kappa shape index (κ3) is 27.4. The molecule has 0 saturated carbocycles. The fourth-order valence-corrected chi connectivity index (χ4v) is 2.00. The highest BCUT2D eigenvalue weighted by molar-refractivity contribution is 7.83. The van der Waals surface area contributed by atoms with Gasteiger partial charge in [-0.2, -0.15) is 25.3 Å². The molecule has 0 rings (SSSR count). The summed E-state index contributed by atoms with van der Waals surface area (Å²) in [6.45, 7) is 4.47. The second-order valence-electron chi connectivity index (χ2n) is 4.82. The van der Waals surface area contributed by atoms with E-state index in [4.69, 9.17) is 0 Å². The Bertz CT molecular complexity index is 186. The first kappa shape index (κ1) is 21.5. The molecule has 0 aromatic rings. The van der Waals surface area contributed by atoms with Crippen LogP contribution < -0.4 is 0 Å². The van der Waals surface area contributed by atoms with Crippen molar-refractivity contribution < 1.29 is 0 Å². The summed E-state index contributed by atoms with van der Waals surface area (Å²) in [5.74, 6) is 0. The molecule has 0 saturated heterocycles. The lowest BCUT2D eigenvalue weighted by molar-refractivity contribution is 0.637. The van der Waals surface area contributed by atoms with Gasteiger partial charge in [-0.05, 0) is 36.5 Å². The van der Waals surface area contributed by atoms with Crippen LogP contribution in [0.15, 0.2) is 23.0 Å². The zero-order chi connectivity index (χ0) is 14.6. The van der Waals surface area contributed by atoms with Crippen LogP contribution in [-0.2, 0) is 0 Å². The molecule has 2 heteroatoms. The topological polar surface area (TPSA) is 0 Å². The zero-order valence-electron chi connectivity index (χ0n) is 13.0. The molecule has 19 heavy (non-hydrogen) atoms. The van der Waals surface area contributed by atoms with E-state index in [2.05, 4.69) is 51.3 Å². The van der Waals surface area contributed by atoms with Gasteiger partial charge in [0.05, 0.1) is 0 Å². The van der Waals surface area contributed by atoms with Crippen LogP contribution >= 0.6 is 25.3 Å². The molecule has 0 radical (unpaired) electrons. The first-order valence-corrected chi connectivity index (χ1v) is 8.95. The third-order valence-corrected chi connectivity index (χ3v) is 3.33. The van der Waals surface area contributed by atoms with Crippen LogP contribution in [0.4, 0.5) is 0 Å². The monoisotopic (exact) mass is 302 g/mol. The van der Waals surface area contributed by atoms with Gasteiger partial charge in [0.1, 0.15) is 0 Å².